The first-order valence-electron chi connectivity index (χ1n) is 7.48. The molecule has 0 radical (unpaired) electrons. The number of hydrogen-bond donors (Lipinski definition) is 0. The van der Waals surface area contributed by atoms with E-state index in [9.17, 15) is 4.79 Å². The molecule has 2 heterocycles. The van der Waals surface area contributed by atoms with Crippen molar-refractivity contribution < 1.29 is 9.53 Å². The summed E-state index contributed by atoms with van der Waals surface area (Å²) in [7, 11) is 0. The summed E-state index contributed by atoms with van der Waals surface area (Å²) in [6.07, 6.45) is 0. The maximum atomic E-state index is 12.7. The maximum Gasteiger partial charge on any atom is 0.336 e. The van der Waals surface area contributed by atoms with Crippen LogP contribution in [0.5, 0.6) is 6.01 Å². The predicted molar refractivity (Wildman–Crippen MR) is 94.8 cm³/mol. The van der Waals surface area contributed by atoms with Gasteiger partial charge in [-0.05, 0) is 29.5 Å². The number of thiophene rings is 1. The molecule has 0 N–H and O–H groups in total. The van der Waals surface area contributed by atoms with Crippen LogP contribution in [0.3, 0.4) is 0 Å². The minimum atomic E-state index is -0.244. The Morgan fingerprint density at radius 3 is 2.83 bits per heavy atom. The Morgan fingerprint density at radius 2 is 2.17 bits per heavy atom. The van der Waals surface area contributed by atoms with Gasteiger partial charge in [0, 0.05) is 10.6 Å². The van der Waals surface area contributed by atoms with Gasteiger partial charge in [-0.15, -0.1) is 16.4 Å². The smallest absolute Gasteiger partial charge is 0.336 e. The number of carbonyl (C=O) groups excluding carboxylic acids is 1. The predicted octanol–water partition coefficient (Wildman–Crippen LogP) is 4.38. The molecule has 0 spiro atoms. The zero-order valence-corrected chi connectivity index (χ0v) is 14.8. The topological polar surface area (TPSA) is 57.0 Å². The second-order valence-electron chi connectivity index (χ2n) is 5.63. The molecule has 0 fully saturated rings. The molecule has 3 aromatic rings. The minimum Gasteiger partial charge on any atom is -0.462 e. The van der Waals surface area contributed by atoms with Crippen LogP contribution in [0.1, 0.15) is 23.5 Å². The van der Waals surface area contributed by atoms with E-state index >= 15 is 0 Å². The molecule has 0 amide bonds. The quantitative estimate of drug-likeness (QED) is 0.676. The van der Waals surface area contributed by atoms with Crippen LogP contribution in [0.15, 0.2) is 41.8 Å². The lowest BCUT2D eigenvalue weighted by Gasteiger charge is -2.03. The highest BCUT2D eigenvalue weighted by atomic mass is 35.5. The van der Waals surface area contributed by atoms with Crippen molar-refractivity contribution in [2.75, 3.05) is 6.61 Å². The molecule has 0 aliphatic heterocycles. The second kappa shape index (κ2) is 7.15. The monoisotopic (exact) mass is 361 g/mol. The Kier molecular flexibility index (Phi) is 4.97. The molecule has 0 unspecified atom stereocenters. The fraction of sp³-hybridized carbons (Fsp3) is 0.235. The third kappa shape index (κ3) is 3.66. The van der Waals surface area contributed by atoms with E-state index in [1.165, 1.54) is 16.0 Å². The largest absolute Gasteiger partial charge is 0.462 e. The number of carbonyl (C=O) groups is 1. The van der Waals surface area contributed by atoms with Crippen molar-refractivity contribution in [3.63, 3.8) is 0 Å². The van der Waals surface area contributed by atoms with Gasteiger partial charge in [0.15, 0.2) is 5.82 Å². The number of nitrogens with zero attached hydrogens (tertiary/aromatic N) is 3. The third-order valence-electron chi connectivity index (χ3n) is 3.14. The number of halogens is 1. The summed E-state index contributed by atoms with van der Waals surface area (Å²) in [5, 5.41) is 6.65. The van der Waals surface area contributed by atoms with Crippen LogP contribution in [-0.2, 0) is 0 Å². The van der Waals surface area contributed by atoms with Crippen LogP contribution in [0.25, 0.3) is 11.4 Å². The fourth-order valence-electron chi connectivity index (χ4n) is 2.06. The molecule has 3 rings (SSSR count). The minimum absolute atomic E-state index is 0.184. The van der Waals surface area contributed by atoms with Crippen LogP contribution in [0.4, 0.5) is 0 Å². The summed E-state index contributed by atoms with van der Waals surface area (Å²) in [6.45, 7) is 4.55. The van der Waals surface area contributed by atoms with Gasteiger partial charge in [0.25, 0.3) is 5.91 Å². The van der Waals surface area contributed by atoms with Gasteiger partial charge in [0.1, 0.15) is 0 Å². The Hall–Kier alpha value is -2.18. The normalized spacial score (nSPS) is 11.0. The second-order valence-corrected chi connectivity index (χ2v) is 7.01. The molecule has 5 nitrogen and oxygen atoms in total. The Labute approximate surface area is 148 Å². The Balaban J connectivity index is 2.03. The molecule has 124 valence electrons. The molecule has 0 saturated heterocycles. The average Bonchev–Trinajstić information content (AvgIpc) is 3.22. The lowest BCUT2D eigenvalue weighted by molar-refractivity contribution is 0.0948. The first-order valence-corrected chi connectivity index (χ1v) is 8.74. The third-order valence-corrected chi connectivity index (χ3v) is 4.23. The van der Waals surface area contributed by atoms with Crippen LogP contribution in [0.2, 0.25) is 5.02 Å². The SMILES string of the molecule is CC(C)COc1nc(-c2cccc(Cl)c2)n(C(=O)c2cccs2)n1. The van der Waals surface area contributed by atoms with E-state index in [2.05, 4.69) is 10.1 Å². The highest BCUT2D eigenvalue weighted by Gasteiger charge is 2.21. The van der Waals surface area contributed by atoms with Crippen LogP contribution >= 0.6 is 22.9 Å². The summed E-state index contributed by atoms with van der Waals surface area (Å²) in [6, 6.07) is 10.9. The van der Waals surface area contributed by atoms with Gasteiger partial charge in [-0.2, -0.15) is 9.67 Å². The van der Waals surface area contributed by atoms with Crippen molar-refractivity contribution in [3.05, 3.63) is 51.7 Å². The van der Waals surface area contributed by atoms with Crippen molar-refractivity contribution in [1.82, 2.24) is 14.8 Å². The van der Waals surface area contributed by atoms with Gasteiger partial charge in [-0.25, -0.2) is 0 Å². The first-order chi connectivity index (χ1) is 11.5. The molecular weight excluding hydrogens is 346 g/mol. The van der Waals surface area contributed by atoms with Crippen LogP contribution in [0, 0.1) is 5.92 Å². The number of aromatic nitrogens is 3. The molecule has 0 aliphatic carbocycles. The van der Waals surface area contributed by atoms with Crippen LogP contribution < -0.4 is 4.74 Å². The van der Waals surface area contributed by atoms with E-state index < -0.39 is 0 Å². The van der Waals surface area contributed by atoms with Crippen molar-refractivity contribution >= 4 is 28.8 Å². The number of ether oxygens (including phenoxy) is 1. The van der Waals surface area contributed by atoms with E-state index in [1.54, 1.807) is 24.3 Å². The van der Waals surface area contributed by atoms with Crippen LogP contribution in [-0.4, -0.2) is 27.3 Å². The van der Waals surface area contributed by atoms with Crippen molar-refractivity contribution in [2.45, 2.75) is 13.8 Å². The van der Waals surface area contributed by atoms with Crippen molar-refractivity contribution in [2.24, 2.45) is 5.92 Å². The lowest BCUT2D eigenvalue weighted by Crippen LogP contribution is -2.14. The van der Waals surface area contributed by atoms with Gasteiger partial charge in [0.2, 0.25) is 0 Å². The molecule has 0 saturated carbocycles. The Bertz CT molecular complexity index is 843. The summed E-state index contributed by atoms with van der Waals surface area (Å²) < 4.78 is 6.85. The summed E-state index contributed by atoms with van der Waals surface area (Å²) in [5.41, 5.74) is 0.708. The van der Waals surface area contributed by atoms with Gasteiger partial charge in [0.05, 0.1) is 11.5 Å². The van der Waals surface area contributed by atoms with Gasteiger partial charge in [-0.3, -0.25) is 4.79 Å². The van der Waals surface area contributed by atoms with E-state index in [-0.39, 0.29) is 11.9 Å². The molecule has 0 atom stereocenters. The molecular formula is C17H16ClN3O2S. The van der Waals surface area contributed by atoms with Gasteiger partial charge in [-0.1, -0.05) is 43.6 Å². The molecule has 0 aliphatic rings. The number of rotatable bonds is 5. The standard InChI is InChI=1S/C17H16ClN3O2S/c1-11(2)10-23-17-19-15(12-5-3-6-13(18)9-12)21(20-17)16(22)14-7-4-8-24-14/h3-9,11H,10H2,1-2H3. The fourth-order valence-corrected chi connectivity index (χ4v) is 2.89. The van der Waals surface area contributed by atoms with Gasteiger partial charge < -0.3 is 4.74 Å². The average molecular weight is 362 g/mol. The highest BCUT2D eigenvalue weighted by molar-refractivity contribution is 7.12. The van der Waals surface area contributed by atoms with Crippen molar-refractivity contribution in [1.29, 1.82) is 0 Å². The molecule has 7 heteroatoms. The van der Waals surface area contributed by atoms with E-state index in [0.717, 1.165) is 0 Å². The van der Waals surface area contributed by atoms with E-state index in [4.69, 9.17) is 16.3 Å². The zero-order valence-electron chi connectivity index (χ0n) is 13.3. The maximum absolute atomic E-state index is 12.7. The summed E-state index contributed by atoms with van der Waals surface area (Å²) in [5.74, 6) is 0.501. The molecule has 24 heavy (non-hydrogen) atoms. The molecule has 2 aromatic heterocycles. The van der Waals surface area contributed by atoms with E-state index in [1.807, 2.05) is 31.4 Å². The summed E-state index contributed by atoms with van der Waals surface area (Å²) in [4.78, 5) is 17.7. The molecule has 0 bridgehead atoms. The number of hydrogen-bond acceptors (Lipinski definition) is 5. The zero-order chi connectivity index (χ0) is 17.1. The van der Waals surface area contributed by atoms with E-state index in [0.29, 0.717) is 33.8 Å². The van der Waals surface area contributed by atoms with Crippen molar-refractivity contribution in [3.8, 4) is 17.4 Å². The van der Waals surface area contributed by atoms with Gasteiger partial charge >= 0.3 is 6.01 Å². The lowest BCUT2D eigenvalue weighted by atomic mass is 10.2. The molecule has 1 aromatic carbocycles. The number of benzene rings is 1. The Morgan fingerprint density at radius 1 is 1.33 bits per heavy atom. The highest BCUT2D eigenvalue weighted by Crippen LogP contribution is 2.24. The summed E-state index contributed by atoms with van der Waals surface area (Å²) >= 11 is 7.42. The first kappa shape index (κ1) is 16.7.